The molecule has 0 fully saturated rings. The van der Waals surface area contributed by atoms with Crippen LogP contribution in [0.2, 0.25) is 0 Å². The quantitative estimate of drug-likeness (QED) is 0.501. The number of esters is 1. The van der Waals surface area contributed by atoms with E-state index in [2.05, 4.69) is 15.0 Å². The van der Waals surface area contributed by atoms with Gasteiger partial charge in [0.1, 0.15) is 6.04 Å². The van der Waals surface area contributed by atoms with E-state index in [1.54, 1.807) is 0 Å². The summed E-state index contributed by atoms with van der Waals surface area (Å²) in [5.41, 5.74) is 0. The Morgan fingerprint density at radius 2 is 2.42 bits per heavy atom. The Kier molecular flexibility index (Phi) is 2.27. The Morgan fingerprint density at radius 1 is 1.75 bits per heavy atom. The van der Waals surface area contributed by atoms with Crippen molar-refractivity contribution in [2.24, 2.45) is 4.99 Å². The van der Waals surface area contributed by atoms with Gasteiger partial charge in [-0.1, -0.05) is 0 Å². The minimum atomic E-state index is -1.03. The molecule has 12 heavy (non-hydrogen) atoms. The van der Waals surface area contributed by atoms with E-state index < -0.39 is 18.0 Å². The average Bonchev–Trinajstić information content (AvgIpc) is 2.51. The monoisotopic (exact) mass is 172 g/mol. The van der Waals surface area contributed by atoms with Gasteiger partial charge >= 0.3 is 11.9 Å². The van der Waals surface area contributed by atoms with Gasteiger partial charge in [-0.05, 0) is 0 Å². The van der Waals surface area contributed by atoms with Gasteiger partial charge in [-0.3, -0.25) is 4.99 Å². The SMILES string of the molecule is COC(=O)C1=NCC(C(=O)O)N1. The molecule has 6 heteroatoms. The Labute approximate surface area is 68.2 Å². The van der Waals surface area contributed by atoms with Crippen LogP contribution in [-0.4, -0.2) is 42.6 Å². The van der Waals surface area contributed by atoms with E-state index in [0.29, 0.717) is 0 Å². The fourth-order valence-corrected chi connectivity index (χ4v) is 0.799. The maximum absolute atomic E-state index is 10.8. The number of hydrogen-bond acceptors (Lipinski definition) is 5. The van der Waals surface area contributed by atoms with Gasteiger partial charge in [0.15, 0.2) is 0 Å². The molecule has 1 unspecified atom stereocenters. The third kappa shape index (κ3) is 1.52. The molecule has 1 heterocycles. The predicted molar refractivity (Wildman–Crippen MR) is 38.9 cm³/mol. The second-order valence-electron chi connectivity index (χ2n) is 2.22. The number of carbonyl (C=O) groups is 2. The fraction of sp³-hybridized carbons (Fsp3) is 0.500. The number of ether oxygens (including phenoxy) is 1. The number of amidine groups is 1. The van der Waals surface area contributed by atoms with Gasteiger partial charge in [0.05, 0.1) is 13.7 Å². The van der Waals surface area contributed by atoms with E-state index in [1.165, 1.54) is 7.11 Å². The van der Waals surface area contributed by atoms with E-state index in [1.807, 2.05) is 0 Å². The van der Waals surface area contributed by atoms with E-state index in [-0.39, 0.29) is 12.4 Å². The lowest BCUT2D eigenvalue weighted by Crippen LogP contribution is -2.40. The smallest absolute Gasteiger partial charge is 0.373 e. The molecule has 0 saturated heterocycles. The molecule has 0 amide bonds. The second-order valence-corrected chi connectivity index (χ2v) is 2.22. The summed E-state index contributed by atoms with van der Waals surface area (Å²) in [5, 5.41) is 10.9. The molecule has 1 aliphatic heterocycles. The highest BCUT2D eigenvalue weighted by molar-refractivity contribution is 6.36. The molecule has 1 aliphatic rings. The van der Waals surface area contributed by atoms with Gasteiger partial charge in [0, 0.05) is 0 Å². The number of aliphatic imine (C=N–C) groups is 1. The Balaban J connectivity index is 2.54. The Bertz CT molecular complexity index is 248. The van der Waals surface area contributed by atoms with Crippen LogP contribution < -0.4 is 5.32 Å². The molecule has 0 aromatic rings. The number of nitrogens with zero attached hydrogens (tertiary/aromatic N) is 1. The summed E-state index contributed by atoms with van der Waals surface area (Å²) in [7, 11) is 1.21. The van der Waals surface area contributed by atoms with E-state index >= 15 is 0 Å². The first-order chi connectivity index (χ1) is 5.65. The van der Waals surface area contributed by atoms with Crippen LogP contribution in [0, 0.1) is 0 Å². The molecule has 0 aromatic carbocycles. The molecular formula is C6H8N2O4. The van der Waals surface area contributed by atoms with Crippen molar-refractivity contribution in [1.29, 1.82) is 0 Å². The van der Waals surface area contributed by atoms with Crippen LogP contribution in [0.25, 0.3) is 0 Å². The molecule has 66 valence electrons. The molecular weight excluding hydrogens is 164 g/mol. The van der Waals surface area contributed by atoms with Crippen LogP contribution in [-0.2, 0) is 14.3 Å². The molecule has 0 radical (unpaired) electrons. The minimum Gasteiger partial charge on any atom is -0.480 e. The minimum absolute atomic E-state index is 0.0232. The van der Waals surface area contributed by atoms with Crippen molar-refractivity contribution in [1.82, 2.24) is 5.32 Å². The van der Waals surface area contributed by atoms with Crippen LogP contribution in [0.3, 0.4) is 0 Å². The standard InChI is InChI=1S/C6H8N2O4/c1-12-6(11)4-7-2-3(8-4)5(9)10/h3H,2H2,1H3,(H,7,8)(H,9,10). The summed E-state index contributed by atoms with van der Waals surface area (Å²) in [5.74, 6) is -1.69. The highest BCUT2D eigenvalue weighted by atomic mass is 16.5. The van der Waals surface area contributed by atoms with Crippen molar-refractivity contribution in [3.8, 4) is 0 Å². The van der Waals surface area contributed by atoms with Gasteiger partial charge in [-0.25, -0.2) is 9.59 Å². The third-order valence-corrected chi connectivity index (χ3v) is 1.42. The Hall–Kier alpha value is -1.59. The lowest BCUT2D eigenvalue weighted by atomic mass is 10.3. The summed E-state index contributed by atoms with van der Waals surface area (Å²) in [6.07, 6.45) is 0. The fourth-order valence-electron chi connectivity index (χ4n) is 0.799. The number of aliphatic carboxylic acids is 1. The first-order valence-corrected chi connectivity index (χ1v) is 3.27. The molecule has 1 rings (SSSR count). The second kappa shape index (κ2) is 3.21. The summed E-state index contributed by atoms with van der Waals surface area (Å²) in [6.45, 7) is 0.0692. The zero-order chi connectivity index (χ0) is 9.14. The molecule has 2 N–H and O–H groups in total. The molecule has 1 atom stereocenters. The molecule has 0 spiro atoms. The summed E-state index contributed by atoms with van der Waals surface area (Å²) < 4.78 is 4.34. The maximum Gasteiger partial charge on any atom is 0.373 e. The third-order valence-electron chi connectivity index (χ3n) is 1.42. The highest BCUT2D eigenvalue weighted by Crippen LogP contribution is 1.97. The number of hydrogen-bond donors (Lipinski definition) is 2. The maximum atomic E-state index is 10.8. The topological polar surface area (TPSA) is 88.0 Å². The number of methoxy groups -OCH3 is 1. The highest BCUT2D eigenvalue weighted by Gasteiger charge is 2.27. The van der Waals surface area contributed by atoms with Crippen molar-refractivity contribution in [2.45, 2.75) is 6.04 Å². The summed E-state index contributed by atoms with van der Waals surface area (Å²) >= 11 is 0. The molecule has 0 aliphatic carbocycles. The number of rotatable bonds is 2. The summed E-state index contributed by atoms with van der Waals surface area (Å²) in [4.78, 5) is 24.8. The van der Waals surface area contributed by atoms with Crippen molar-refractivity contribution >= 4 is 17.8 Å². The lowest BCUT2D eigenvalue weighted by molar-refractivity contribution is -0.138. The van der Waals surface area contributed by atoms with Crippen molar-refractivity contribution in [2.75, 3.05) is 13.7 Å². The van der Waals surface area contributed by atoms with E-state index in [4.69, 9.17) is 5.11 Å². The number of carboxylic acid groups (broad SMARTS) is 1. The summed E-state index contributed by atoms with van der Waals surface area (Å²) in [6, 6.07) is -0.806. The van der Waals surface area contributed by atoms with Crippen molar-refractivity contribution < 1.29 is 19.4 Å². The predicted octanol–water partition coefficient (Wildman–Crippen LogP) is -1.39. The van der Waals surface area contributed by atoms with Crippen LogP contribution in [0.1, 0.15) is 0 Å². The van der Waals surface area contributed by atoms with Gasteiger partial charge in [-0.2, -0.15) is 0 Å². The number of carboxylic acids is 1. The molecule has 0 bridgehead atoms. The Morgan fingerprint density at radius 3 is 2.83 bits per heavy atom. The average molecular weight is 172 g/mol. The van der Waals surface area contributed by atoms with Crippen LogP contribution in [0.4, 0.5) is 0 Å². The van der Waals surface area contributed by atoms with Crippen LogP contribution >= 0.6 is 0 Å². The molecule has 0 aromatic heterocycles. The largest absolute Gasteiger partial charge is 0.480 e. The first kappa shape index (κ1) is 8.51. The van der Waals surface area contributed by atoms with Crippen LogP contribution in [0.5, 0.6) is 0 Å². The molecule has 6 nitrogen and oxygen atoms in total. The van der Waals surface area contributed by atoms with E-state index in [0.717, 1.165) is 0 Å². The zero-order valence-corrected chi connectivity index (χ0v) is 6.40. The molecule has 0 saturated carbocycles. The number of carbonyl (C=O) groups excluding carboxylic acids is 1. The van der Waals surface area contributed by atoms with E-state index in [9.17, 15) is 9.59 Å². The van der Waals surface area contributed by atoms with Gasteiger partial charge in [0.25, 0.3) is 0 Å². The van der Waals surface area contributed by atoms with Gasteiger partial charge in [0.2, 0.25) is 5.84 Å². The normalized spacial score (nSPS) is 21.1. The van der Waals surface area contributed by atoms with Crippen LogP contribution in [0.15, 0.2) is 4.99 Å². The van der Waals surface area contributed by atoms with Gasteiger partial charge in [-0.15, -0.1) is 0 Å². The first-order valence-electron chi connectivity index (χ1n) is 3.27. The van der Waals surface area contributed by atoms with Gasteiger partial charge < -0.3 is 15.2 Å². The zero-order valence-electron chi connectivity index (χ0n) is 6.40. The lowest BCUT2D eigenvalue weighted by Gasteiger charge is -2.04. The van der Waals surface area contributed by atoms with Crippen molar-refractivity contribution in [3.63, 3.8) is 0 Å². The van der Waals surface area contributed by atoms with Crippen molar-refractivity contribution in [3.05, 3.63) is 0 Å². The number of nitrogens with one attached hydrogen (secondary N) is 1.